The summed E-state index contributed by atoms with van der Waals surface area (Å²) in [5.41, 5.74) is 5.84. The van der Waals surface area contributed by atoms with E-state index in [9.17, 15) is 0 Å². The number of aryl methyl sites for hydroxylation is 1. The number of anilines is 1. The van der Waals surface area contributed by atoms with Crippen LogP contribution in [-0.2, 0) is 0 Å². The highest BCUT2D eigenvalue weighted by atomic mass is 32.1. The van der Waals surface area contributed by atoms with Crippen LogP contribution in [0, 0.1) is 6.92 Å². The van der Waals surface area contributed by atoms with Crippen LogP contribution in [0.25, 0.3) is 0 Å². The summed E-state index contributed by atoms with van der Waals surface area (Å²) < 4.78 is 0. The molecule has 2 rings (SSSR count). The van der Waals surface area contributed by atoms with Crippen LogP contribution in [0.5, 0.6) is 0 Å². The molecule has 0 bridgehead atoms. The topological polar surface area (TPSA) is 55.0 Å². The second kappa shape index (κ2) is 2.40. The minimum Gasteiger partial charge on any atom is -0.343 e. The number of rotatable bonds is 1. The summed E-state index contributed by atoms with van der Waals surface area (Å²) in [5.74, 6) is 0. The van der Waals surface area contributed by atoms with Gasteiger partial charge in [-0.3, -0.25) is 0 Å². The van der Waals surface area contributed by atoms with Gasteiger partial charge in [0.05, 0.1) is 0 Å². The van der Waals surface area contributed by atoms with Gasteiger partial charge < -0.3 is 10.6 Å². The van der Waals surface area contributed by atoms with Crippen molar-refractivity contribution in [3.8, 4) is 0 Å². The smallest absolute Gasteiger partial charge is 0.208 e. The van der Waals surface area contributed by atoms with Gasteiger partial charge >= 0.3 is 0 Å². The Balaban J connectivity index is 2.06. The predicted molar refractivity (Wildman–Crippen MR) is 49.5 cm³/mol. The number of hydrogen-bond acceptors (Lipinski definition) is 5. The summed E-state index contributed by atoms with van der Waals surface area (Å²) in [5, 5.41) is 10.0. The van der Waals surface area contributed by atoms with Gasteiger partial charge in [-0.05, 0) is 13.8 Å². The van der Waals surface area contributed by atoms with Gasteiger partial charge in [-0.15, -0.1) is 10.2 Å². The van der Waals surface area contributed by atoms with Gasteiger partial charge in [-0.1, -0.05) is 11.3 Å². The van der Waals surface area contributed by atoms with Crippen molar-refractivity contribution >= 4 is 16.5 Å². The number of nitrogens with zero attached hydrogens (tertiary/aromatic N) is 3. The minimum absolute atomic E-state index is 0.0282. The van der Waals surface area contributed by atoms with E-state index in [1.54, 1.807) is 11.3 Å². The lowest BCUT2D eigenvalue weighted by molar-refractivity contribution is 0.364. The summed E-state index contributed by atoms with van der Waals surface area (Å²) in [6.07, 6.45) is 0. The summed E-state index contributed by atoms with van der Waals surface area (Å²) in [4.78, 5) is 2.16. The highest BCUT2D eigenvalue weighted by molar-refractivity contribution is 7.15. The lowest BCUT2D eigenvalue weighted by Crippen LogP contribution is -2.65. The molecule has 1 aromatic heterocycles. The van der Waals surface area contributed by atoms with Crippen LogP contribution >= 0.6 is 11.3 Å². The van der Waals surface area contributed by atoms with E-state index >= 15 is 0 Å². The van der Waals surface area contributed by atoms with E-state index < -0.39 is 0 Å². The summed E-state index contributed by atoms with van der Waals surface area (Å²) >= 11 is 1.62. The molecular weight excluding hydrogens is 172 g/mol. The maximum absolute atomic E-state index is 5.87. The minimum atomic E-state index is -0.0282. The molecule has 2 heterocycles. The van der Waals surface area contributed by atoms with E-state index in [4.69, 9.17) is 5.73 Å². The van der Waals surface area contributed by atoms with Gasteiger partial charge in [-0.25, -0.2) is 0 Å². The Bertz CT molecular complexity index is 285. The molecule has 0 amide bonds. The zero-order chi connectivity index (χ0) is 8.77. The van der Waals surface area contributed by atoms with E-state index in [1.165, 1.54) is 0 Å². The predicted octanol–water partition coefficient (Wildman–Crippen LogP) is 0.384. The first-order valence-corrected chi connectivity index (χ1v) is 4.72. The molecular formula is C7H12N4S. The Kier molecular flexibility index (Phi) is 1.59. The van der Waals surface area contributed by atoms with Crippen molar-refractivity contribution in [3.05, 3.63) is 5.01 Å². The molecule has 0 aliphatic carbocycles. The third-order valence-corrected chi connectivity index (χ3v) is 2.79. The molecule has 0 saturated carbocycles. The van der Waals surface area contributed by atoms with Crippen LogP contribution in [0.2, 0.25) is 0 Å². The zero-order valence-corrected chi connectivity index (χ0v) is 8.06. The lowest BCUT2D eigenvalue weighted by Gasteiger charge is -2.44. The molecule has 1 fully saturated rings. The molecule has 0 spiro atoms. The molecule has 1 aromatic rings. The molecule has 2 N–H and O–H groups in total. The quantitative estimate of drug-likeness (QED) is 0.685. The fraction of sp³-hybridized carbons (Fsp3) is 0.714. The largest absolute Gasteiger partial charge is 0.343 e. The summed E-state index contributed by atoms with van der Waals surface area (Å²) in [7, 11) is 0. The first kappa shape index (κ1) is 7.94. The summed E-state index contributed by atoms with van der Waals surface area (Å²) in [6, 6.07) is 0. The molecule has 1 saturated heterocycles. The van der Waals surface area contributed by atoms with Crippen LogP contribution in [0.4, 0.5) is 5.13 Å². The molecule has 0 radical (unpaired) electrons. The van der Waals surface area contributed by atoms with Crippen LogP contribution in [0.15, 0.2) is 0 Å². The Morgan fingerprint density at radius 3 is 2.58 bits per heavy atom. The second-order valence-corrected chi connectivity index (χ2v) is 4.77. The normalized spacial score (nSPS) is 20.8. The Hall–Kier alpha value is -0.680. The molecule has 0 atom stereocenters. The third-order valence-electron chi connectivity index (χ3n) is 1.89. The van der Waals surface area contributed by atoms with Gasteiger partial charge in [-0.2, -0.15) is 0 Å². The maximum atomic E-state index is 5.87. The van der Waals surface area contributed by atoms with E-state index in [0.717, 1.165) is 23.2 Å². The van der Waals surface area contributed by atoms with Crippen molar-refractivity contribution in [2.24, 2.45) is 5.73 Å². The van der Waals surface area contributed by atoms with Crippen molar-refractivity contribution in [2.75, 3.05) is 18.0 Å². The van der Waals surface area contributed by atoms with Crippen LogP contribution in [0.3, 0.4) is 0 Å². The van der Waals surface area contributed by atoms with E-state index in [0.29, 0.717) is 0 Å². The van der Waals surface area contributed by atoms with E-state index in [1.807, 2.05) is 6.92 Å². The average Bonchev–Trinajstić information content (AvgIpc) is 2.30. The number of nitrogens with two attached hydrogens (primary N) is 1. The second-order valence-electron chi connectivity index (χ2n) is 3.61. The van der Waals surface area contributed by atoms with Gasteiger partial charge in [0.25, 0.3) is 0 Å². The number of hydrogen-bond donors (Lipinski definition) is 1. The molecule has 5 heteroatoms. The van der Waals surface area contributed by atoms with Gasteiger partial charge in [0.2, 0.25) is 5.13 Å². The summed E-state index contributed by atoms with van der Waals surface area (Å²) in [6.45, 7) is 5.79. The van der Waals surface area contributed by atoms with Crippen LogP contribution in [-0.4, -0.2) is 28.8 Å². The highest BCUT2D eigenvalue weighted by Gasteiger charge is 2.36. The van der Waals surface area contributed by atoms with Crippen molar-refractivity contribution in [2.45, 2.75) is 19.4 Å². The van der Waals surface area contributed by atoms with E-state index in [-0.39, 0.29) is 5.54 Å². The Morgan fingerprint density at radius 1 is 1.50 bits per heavy atom. The molecule has 12 heavy (non-hydrogen) atoms. The molecule has 1 aliphatic heterocycles. The lowest BCUT2D eigenvalue weighted by atomic mass is 9.95. The standard InChI is InChI=1S/C7H12N4S/c1-5-9-10-6(12-5)11-3-7(2,8)4-11/h3-4,8H2,1-2H3. The van der Waals surface area contributed by atoms with Crippen molar-refractivity contribution in [1.29, 1.82) is 0 Å². The molecule has 66 valence electrons. The molecule has 0 unspecified atom stereocenters. The maximum Gasteiger partial charge on any atom is 0.208 e. The Morgan fingerprint density at radius 2 is 2.17 bits per heavy atom. The Labute approximate surface area is 75.4 Å². The fourth-order valence-corrected chi connectivity index (χ4v) is 2.06. The molecule has 0 aromatic carbocycles. The van der Waals surface area contributed by atoms with Crippen molar-refractivity contribution in [1.82, 2.24) is 10.2 Å². The van der Waals surface area contributed by atoms with Gasteiger partial charge in [0, 0.05) is 18.6 Å². The van der Waals surface area contributed by atoms with Crippen molar-refractivity contribution < 1.29 is 0 Å². The zero-order valence-electron chi connectivity index (χ0n) is 7.24. The molecule has 1 aliphatic rings. The van der Waals surface area contributed by atoms with E-state index in [2.05, 4.69) is 22.0 Å². The van der Waals surface area contributed by atoms with Gasteiger partial charge in [0.15, 0.2) is 0 Å². The fourth-order valence-electron chi connectivity index (χ4n) is 1.37. The average molecular weight is 184 g/mol. The highest BCUT2D eigenvalue weighted by Crippen LogP contribution is 2.27. The monoisotopic (exact) mass is 184 g/mol. The van der Waals surface area contributed by atoms with Gasteiger partial charge in [0.1, 0.15) is 5.01 Å². The first-order valence-electron chi connectivity index (χ1n) is 3.91. The van der Waals surface area contributed by atoms with Crippen molar-refractivity contribution in [3.63, 3.8) is 0 Å². The SMILES string of the molecule is Cc1nnc(N2CC(C)(N)C2)s1. The van der Waals surface area contributed by atoms with Crippen LogP contribution < -0.4 is 10.6 Å². The number of aromatic nitrogens is 2. The first-order chi connectivity index (χ1) is 5.57. The third kappa shape index (κ3) is 1.30. The van der Waals surface area contributed by atoms with Crippen LogP contribution in [0.1, 0.15) is 11.9 Å². The molecule has 4 nitrogen and oxygen atoms in total.